The lowest BCUT2D eigenvalue weighted by molar-refractivity contribution is 0.450. The summed E-state index contributed by atoms with van der Waals surface area (Å²) in [5, 5.41) is 0.855. The van der Waals surface area contributed by atoms with Gasteiger partial charge >= 0.3 is 0 Å². The Morgan fingerprint density at radius 2 is 1.92 bits per heavy atom. The Morgan fingerprint density at radius 1 is 1.31 bits per heavy atom. The molecule has 1 saturated carbocycles. The molecule has 0 saturated heterocycles. The number of thioether (sulfide) groups is 1. The van der Waals surface area contributed by atoms with Crippen LogP contribution >= 0.6 is 11.8 Å². The monoisotopic (exact) mass is 202 g/mol. The van der Waals surface area contributed by atoms with Crippen molar-refractivity contribution in [3.8, 4) is 0 Å². The molecule has 0 aliphatic heterocycles. The maximum Gasteiger partial charge on any atom is 0.00483 e. The van der Waals surface area contributed by atoms with Crippen molar-refractivity contribution >= 4 is 11.8 Å². The Morgan fingerprint density at radius 3 is 2.46 bits per heavy atom. The van der Waals surface area contributed by atoms with Crippen LogP contribution in [-0.2, 0) is 0 Å². The predicted molar refractivity (Wildman–Crippen MR) is 60.9 cm³/mol. The highest BCUT2D eigenvalue weighted by molar-refractivity contribution is 7.99. The Balaban J connectivity index is 2.08. The molecule has 2 nitrogen and oxygen atoms in total. The molecule has 0 spiro atoms. The van der Waals surface area contributed by atoms with E-state index in [1.807, 2.05) is 0 Å². The van der Waals surface area contributed by atoms with Crippen molar-refractivity contribution in [3.63, 3.8) is 0 Å². The summed E-state index contributed by atoms with van der Waals surface area (Å²) in [6.45, 7) is 3.04. The number of rotatable bonds is 4. The topological polar surface area (TPSA) is 52.0 Å². The molecular formula is C10H22N2S. The molecular weight excluding hydrogens is 180 g/mol. The van der Waals surface area contributed by atoms with Gasteiger partial charge in [0.05, 0.1) is 0 Å². The highest BCUT2D eigenvalue weighted by Crippen LogP contribution is 2.28. The minimum absolute atomic E-state index is 0.476. The van der Waals surface area contributed by atoms with E-state index in [1.165, 1.54) is 31.4 Å². The summed E-state index contributed by atoms with van der Waals surface area (Å²) in [5.41, 5.74) is 11.4. The molecule has 0 aromatic rings. The lowest BCUT2D eigenvalue weighted by atomic mass is 9.96. The lowest BCUT2D eigenvalue weighted by Gasteiger charge is -2.26. The van der Waals surface area contributed by atoms with Crippen LogP contribution in [0.3, 0.4) is 0 Å². The van der Waals surface area contributed by atoms with E-state index in [0.717, 1.165) is 11.8 Å². The summed E-state index contributed by atoms with van der Waals surface area (Å²) in [6, 6.07) is 0.476. The molecule has 3 heteroatoms. The summed E-state index contributed by atoms with van der Waals surface area (Å²) in [7, 11) is 0. The molecule has 0 radical (unpaired) electrons. The zero-order valence-corrected chi connectivity index (χ0v) is 9.35. The second-order valence-electron chi connectivity index (χ2n) is 4.21. The van der Waals surface area contributed by atoms with Crippen LogP contribution in [0.2, 0.25) is 0 Å². The normalized spacial score (nSPS) is 31.6. The van der Waals surface area contributed by atoms with Crippen LogP contribution in [0.25, 0.3) is 0 Å². The molecule has 1 aliphatic carbocycles. The molecule has 1 fully saturated rings. The van der Waals surface area contributed by atoms with Crippen molar-refractivity contribution in [2.24, 2.45) is 17.4 Å². The maximum absolute atomic E-state index is 5.85. The highest BCUT2D eigenvalue weighted by Gasteiger charge is 2.18. The van der Waals surface area contributed by atoms with Gasteiger partial charge < -0.3 is 11.5 Å². The van der Waals surface area contributed by atoms with Crippen LogP contribution in [0, 0.1) is 5.92 Å². The van der Waals surface area contributed by atoms with Crippen molar-refractivity contribution in [2.75, 3.05) is 12.3 Å². The van der Waals surface area contributed by atoms with Crippen LogP contribution < -0.4 is 11.5 Å². The summed E-state index contributed by atoms with van der Waals surface area (Å²) in [4.78, 5) is 0. The largest absolute Gasteiger partial charge is 0.330 e. The van der Waals surface area contributed by atoms with E-state index in [-0.39, 0.29) is 0 Å². The Labute approximate surface area is 85.8 Å². The minimum atomic E-state index is 0.476. The van der Waals surface area contributed by atoms with Crippen LogP contribution in [-0.4, -0.2) is 23.6 Å². The number of hydrogen-bond acceptors (Lipinski definition) is 3. The first-order chi connectivity index (χ1) is 6.22. The van der Waals surface area contributed by atoms with E-state index in [0.29, 0.717) is 12.0 Å². The van der Waals surface area contributed by atoms with Gasteiger partial charge in [-0.05, 0) is 43.9 Å². The molecule has 1 unspecified atom stereocenters. The van der Waals surface area contributed by atoms with E-state index in [1.54, 1.807) is 0 Å². The van der Waals surface area contributed by atoms with Gasteiger partial charge in [-0.25, -0.2) is 0 Å². The van der Waals surface area contributed by atoms with Gasteiger partial charge in [0, 0.05) is 11.3 Å². The fraction of sp³-hybridized carbons (Fsp3) is 1.00. The molecule has 0 heterocycles. The number of nitrogens with two attached hydrogens (primary N) is 2. The second kappa shape index (κ2) is 5.89. The first-order valence-corrected chi connectivity index (χ1v) is 6.34. The van der Waals surface area contributed by atoms with Gasteiger partial charge in [0.15, 0.2) is 0 Å². The van der Waals surface area contributed by atoms with Gasteiger partial charge in [0.2, 0.25) is 0 Å². The SMILES string of the molecule is CC(CN)CSC1CCC(N)CC1. The van der Waals surface area contributed by atoms with Gasteiger partial charge in [0.25, 0.3) is 0 Å². The first kappa shape index (κ1) is 11.3. The van der Waals surface area contributed by atoms with Crippen molar-refractivity contribution in [3.05, 3.63) is 0 Å². The third-order valence-corrected chi connectivity index (χ3v) is 4.44. The molecule has 13 heavy (non-hydrogen) atoms. The average molecular weight is 202 g/mol. The second-order valence-corrected chi connectivity index (χ2v) is 5.54. The van der Waals surface area contributed by atoms with Gasteiger partial charge in [-0.3, -0.25) is 0 Å². The van der Waals surface area contributed by atoms with Crippen molar-refractivity contribution in [2.45, 2.75) is 43.9 Å². The fourth-order valence-corrected chi connectivity index (χ4v) is 2.97. The highest BCUT2D eigenvalue weighted by atomic mass is 32.2. The Hall–Kier alpha value is 0.270. The lowest BCUT2D eigenvalue weighted by Crippen LogP contribution is -2.28. The van der Waals surface area contributed by atoms with E-state index in [2.05, 4.69) is 18.7 Å². The Bertz CT molecular complexity index is 133. The molecule has 0 aromatic carbocycles. The first-order valence-electron chi connectivity index (χ1n) is 5.29. The van der Waals surface area contributed by atoms with Crippen molar-refractivity contribution < 1.29 is 0 Å². The minimum Gasteiger partial charge on any atom is -0.330 e. The predicted octanol–water partition coefficient (Wildman–Crippen LogP) is 1.58. The van der Waals surface area contributed by atoms with Gasteiger partial charge in [-0.2, -0.15) is 11.8 Å². The molecule has 0 aromatic heterocycles. The summed E-state index contributed by atoms with van der Waals surface area (Å²) < 4.78 is 0. The van der Waals surface area contributed by atoms with Crippen LogP contribution in [0.4, 0.5) is 0 Å². The standard InChI is InChI=1S/C10H22N2S/c1-8(6-11)7-13-10-4-2-9(12)3-5-10/h8-10H,2-7,11-12H2,1H3. The molecule has 0 amide bonds. The van der Waals surface area contributed by atoms with E-state index < -0.39 is 0 Å². The van der Waals surface area contributed by atoms with Crippen LogP contribution in [0.5, 0.6) is 0 Å². The zero-order chi connectivity index (χ0) is 9.68. The molecule has 1 aliphatic rings. The smallest absolute Gasteiger partial charge is 0.00483 e. The summed E-state index contributed by atoms with van der Waals surface area (Å²) in [5.74, 6) is 1.89. The van der Waals surface area contributed by atoms with Gasteiger partial charge in [-0.15, -0.1) is 0 Å². The van der Waals surface area contributed by atoms with Crippen molar-refractivity contribution in [1.29, 1.82) is 0 Å². The molecule has 78 valence electrons. The Kier molecular flexibility index (Phi) is 5.14. The fourth-order valence-electron chi connectivity index (χ4n) is 1.62. The third-order valence-electron chi connectivity index (χ3n) is 2.74. The molecule has 0 bridgehead atoms. The third kappa shape index (κ3) is 4.34. The van der Waals surface area contributed by atoms with E-state index in [9.17, 15) is 0 Å². The van der Waals surface area contributed by atoms with Crippen molar-refractivity contribution in [1.82, 2.24) is 0 Å². The van der Waals surface area contributed by atoms with Gasteiger partial charge in [-0.1, -0.05) is 6.92 Å². The van der Waals surface area contributed by atoms with E-state index >= 15 is 0 Å². The van der Waals surface area contributed by atoms with Crippen LogP contribution in [0.1, 0.15) is 32.6 Å². The summed E-state index contributed by atoms with van der Waals surface area (Å²) in [6.07, 6.45) is 5.05. The molecule has 1 atom stereocenters. The van der Waals surface area contributed by atoms with Gasteiger partial charge in [0.1, 0.15) is 0 Å². The van der Waals surface area contributed by atoms with E-state index in [4.69, 9.17) is 11.5 Å². The molecule has 4 N–H and O–H groups in total. The maximum atomic E-state index is 5.85. The average Bonchev–Trinajstić information content (AvgIpc) is 2.16. The molecule has 1 rings (SSSR count). The quantitative estimate of drug-likeness (QED) is 0.728. The summed E-state index contributed by atoms with van der Waals surface area (Å²) >= 11 is 2.10. The van der Waals surface area contributed by atoms with Crippen LogP contribution in [0.15, 0.2) is 0 Å². The zero-order valence-electron chi connectivity index (χ0n) is 8.54. The number of hydrogen-bond donors (Lipinski definition) is 2.